The van der Waals surface area contributed by atoms with E-state index in [9.17, 15) is 13.6 Å². The summed E-state index contributed by atoms with van der Waals surface area (Å²) in [6, 6.07) is 9.92. The predicted octanol–water partition coefficient (Wildman–Crippen LogP) is 4.17. The lowest BCUT2D eigenvalue weighted by molar-refractivity contribution is 0.104. The molecule has 5 heteroatoms. The van der Waals surface area contributed by atoms with Gasteiger partial charge in [-0.15, -0.1) is 0 Å². The summed E-state index contributed by atoms with van der Waals surface area (Å²) in [6.45, 7) is 1.63. The number of hydrogen-bond donors (Lipinski definition) is 1. The molecule has 0 atom stereocenters. The van der Waals surface area contributed by atoms with Crippen LogP contribution in [0.15, 0.2) is 54.2 Å². The van der Waals surface area contributed by atoms with Crippen molar-refractivity contribution in [2.45, 2.75) is 6.92 Å². The second kappa shape index (κ2) is 6.85. The molecule has 2 rings (SSSR count). The summed E-state index contributed by atoms with van der Waals surface area (Å²) in [5, 5.41) is 2.73. The molecule has 0 fully saturated rings. The van der Waals surface area contributed by atoms with Crippen LogP contribution in [0.2, 0.25) is 0 Å². The highest BCUT2D eigenvalue weighted by molar-refractivity contribution is 6.05. The van der Waals surface area contributed by atoms with Crippen molar-refractivity contribution in [3.63, 3.8) is 0 Å². The van der Waals surface area contributed by atoms with Crippen LogP contribution in [0.5, 0.6) is 5.75 Å². The Morgan fingerprint density at radius 3 is 2.64 bits per heavy atom. The van der Waals surface area contributed by atoms with E-state index < -0.39 is 11.6 Å². The Bertz CT molecular complexity index is 726. The van der Waals surface area contributed by atoms with Gasteiger partial charge >= 0.3 is 0 Å². The van der Waals surface area contributed by atoms with Gasteiger partial charge in [-0.25, -0.2) is 8.78 Å². The second-order valence-electron chi connectivity index (χ2n) is 4.67. The predicted molar refractivity (Wildman–Crippen MR) is 81.1 cm³/mol. The van der Waals surface area contributed by atoms with Crippen molar-refractivity contribution in [2.24, 2.45) is 0 Å². The van der Waals surface area contributed by atoms with Gasteiger partial charge < -0.3 is 10.1 Å². The SMILES string of the molecule is COc1cccc(C(=O)C=C(C)Nc2ccc(F)cc2F)c1. The van der Waals surface area contributed by atoms with Crippen LogP contribution in [0.1, 0.15) is 17.3 Å². The molecule has 0 bridgehead atoms. The minimum absolute atomic E-state index is 0.105. The Balaban J connectivity index is 2.15. The van der Waals surface area contributed by atoms with E-state index in [0.717, 1.165) is 12.1 Å². The van der Waals surface area contributed by atoms with Gasteiger partial charge in [0.2, 0.25) is 0 Å². The first-order valence-corrected chi connectivity index (χ1v) is 6.58. The van der Waals surface area contributed by atoms with Gasteiger partial charge in [0, 0.05) is 23.4 Å². The monoisotopic (exact) mass is 303 g/mol. The van der Waals surface area contributed by atoms with Crippen molar-refractivity contribution in [1.29, 1.82) is 0 Å². The third kappa shape index (κ3) is 3.91. The van der Waals surface area contributed by atoms with Crippen molar-refractivity contribution >= 4 is 11.5 Å². The number of nitrogens with one attached hydrogen (secondary N) is 1. The van der Waals surface area contributed by atoms with Gasteiger partial charge in [-0.1, -0.05) is 12.1 Å². The van der Waals surface area contributed by atoms with Gasteiger partial charge in [-0.2, -0.15) is 0 Å². The Labute approximate surface area is 127 Å². The van der Waals surface area contributed by atoms with Crippen LogP contribution in [-0.4, -0.2) is 12.9 Å². The van der Waals surface area contributed by atoms with Crippen molar-refractivity contribution in [3.8, 4) is 5.75 Å². The van der Waals surface area contributed by atoms with Gasteiger partial charge in [-0.3, -0.25) is 4.79 Å². The Kier molecular flexibility index (Phi) is 4.88. The zero-order valence-corrected chi connectivity index (χ0v) is 12.2. The number of carbonyl (C=O) groups is 1. The van der Waals surface area contributed by atoms with E-state index in [-0.39, 0.29) is 11.5 Å². The normalized spacial score (nSPS) is 11.2. The van der Waals surface area contributed by atoms with Crippen LogP contribution in [0.3, 0.4) is 0 Å². The van der Waals surface area contributed by atoms with Crippen LogP contribution in [0.4, 0.5) is 14.5 Å². The van der Waals surface area contributed by atoms with E-state index in [1.807, 2.05) is 0 Å². The van der Waals surface area contributed by atoms with Crippen molar-refractivity contribution in [2.75, 3.05) is 12.4 Å². The van der Waals surface area contributed by atoms with E-state index in [2.05, 4.69) is 5.32 Å². The van der Waals surface area contributed by atoms with Gasteiger partial charge in [0.25, 0.3) is 0 Å². The molecular formula is C17H15F2NO2. The molecule has 0 aliphatic rings. The van der Waals surface area contributed by atoms with Crippen molar-refractivity contribution in [3.05, 3.63) is 71.4 Å². The Hall–Kier alpha value is -2.69. The average molecular weight is 303 g/mol. The maximum atomic E-state index is 13.5. The molecule has 0 aliphatic carbocycles. The van der Waals surface area contributed by atoms with E-state index in [0.29, 0.717) is 17.0 Å². The summed E-state index contributed by atoms with van der Waals surface area (Å²) < 4.78 is 31.4. The molecule has 2 aromatic rings. The summed E-state index contributed by atoms with van der Waals surface area (Å²) >= 11 is 0. The summed E-state index contributed by atoms with van der Waals surface area (Å²) in [4.78, 5) is 12.1. The fourth-order valence-electron chi connectivity index (χ4n) is 1.90. The average Bonchev–Trinajstić information content (AvgIpc) is 2.50. The molecule has 0 heterocycles. The minimum Gasteiger partial charge on any atom is -0.497 e. The Morgan fingerprint density at radius 1 is 1.18 bits per heavy atom. The summed E-state index contributed by atoms with van der Waals surface area (Å²) in [5.74, 6) is -1.04. The smallest absolute Gasteiger partial charge is 0.187 e. The number of halogens is 2. The van der Waals surface area contributed by atoms with Crippen LogP contribution in [0, 0.1) is 11.6 Å². The maximum Gasteiger partial charge on any atom is 0.187 e. The van der Waals surface area contributed by atoms with Crippen LogP contribution >= 0.6 is 0 Å². The molecule has 1 N–H and O–H groups in total. The molecule has 0 saturated carbocycles. The third-order valence-corrected chi connectivity index (χ3v) is 2.96. The van der Waals surface area contributed by atoms with Gasteiger partial charge in [0.1, 0.15) is 17.4 Å². The number of hydrogen-bond acceptors (Lipinski definition) is 3. The fourth-order valence-corrected chi connectivity index (χ4v) is 1.90. The zero-order chi connectivity index (χ0) is 16.1. The van der Waals surface area contributed by atoms with E-state index >= 15 is 0 Å². The summed E-state index contributed by atoms with van der Waals surface area (Å²) in [6.07, 6.45) is 1.34. The number of ketones is 1. The van der Waals surface area contributed by atoms with E-state index in [1.54, 1.807) is 31.2 Å². The number of anilines is 1. The fraction of sp³-hybridized carbons (Fsp3) is 0.118. The first-order valence-electron chi connectivity index (χ1n) is 6.58. The molecule has 0 radical (unpaired) electrons. The van der Waals surface area contributed by atoms with Gasteiger partial charge in [-0.05, 0) is 31.2 Å². The molecule has 0 spiro atoms. The lowest BCUT2D eigenvalue weighted by Crippen LogP contribution is -2.03. The first-order chi connectivity index (χ1) is 10.5. The topological polar surface area (TPSA) is 38.3 Å². The number of carbonyl (C=O) groups excluding carboxylic acids is 1. The maximum absolute atomic E-state index is 13.5. The summed E-state index contributed by atoms with van der Waals surface area (Å²) in [7, 11) is 1.52. The molecular weight excluding hydrogens is 288 g/mol. The van der Waals surface area contributed by atoms with Crippen molar-refractivity contribution in [1.82, 2.24) is 0 Å². The lowest BCUT2D eigenvalue weighted by atomic mass is 10.1. The largest absolute Gasteiger partial charge is 0.497 e. The Morgan fingerprint density at radius 2 is 1.95 bits per heavy atom. The molecule has 0 aliphatic heterocycles. The van der Waals surface area contributed by atoms with Crippen LogP contribution in [0.25, 0.3) is 0 Å². The molecule has 0 aromatic heterocycles. The molecule has 22 heavy (non-hydrogen) atoms. The van der Waals surface area contributed by atoms with E-state index in [4.69, 9.17) is 4.74 Å². The number of rotatable bonds is 5. The quantitative estimate of drug-likeness (QED) is 0.665. The minimum atomic E-state index is -0.721. The van der Waals surface area contributed by atoms with Crippen molar-refractivity contribution < 1.29 is 18.3 Å². The highest BCUT2D eigenvalue weighted by Crippen LogP contribution is 2.18. The van der Waals surface area contributed by atoms with Gasteiger partial charge in [0.05, 0.1) is 12.8 Å². The molecule has 2 aromatic carbocycles. The summed E-state index contributed by atoms with van der Waals surface area (Å²) in [5.41, 5.74) is 1.01. The first kappa shape index (κ1) is 15.7. The molecule has 114 valence electrons. The van der Waals surface area contributed by atoms with Crippen LogP contribution < -0.4 is 10.1 Å². The lowest BCUT2D eigenvalue weighted by Gasteiger charge is -2.08. The number of allylic oxidation sites excluding steroid dienone is 2. The number of ether oxygens (including phenoxy) is 1. The highest BCUT2D eigenvalue weighted by atomic mass is 19.1. The molecule has 0 amide bonds. The highest BCUT2D eigenvalue weighted by Gasteiger charge is 2.07. The molecule has 3 nitrogen and oxygen atoms in total. The molecule has 0 unspecified atom stereocenters. The number of methoxy groups -OCH3 is 1. The standard InChI is InChI=1S/C17H15F2NO2/c1-11(20-16-7-6-13(18)10-15(16)19)8-17(21)12-4-3-5-14(9-12)22-2/h3-10,20H,1-2H3. The molecule has 0 saturated heterocycles. The number of benzene rings is 2. The zero-order valence-electron chi connectivity index (χ0n) is 12.2. The van der Waals surface area contributed by atoms with E-state index in [1.165, 1.54) is 19.3 Å². The second-order valence-corrected chi connectivity index (χ2v) is 4.67. The van der Waals surface area contributed by atoms with Gasteiger partial charge in [0.15, 0.2) is 5.78 Å². The third-order valence-electron chi connectivity index (χ3n) is 2.96. The van der Waals surface area contributed by atoms with Crippen LogP contribution in [-0.2, 0) is 0 Å².